The third kappa shape index (κ3) is 3.24. The number of aliphatic hydroxyl groups is 1. The summed E-state index contributed by atoms with van der Waals surface area (Å²) in [4.78, 5) is 0. The Kier molecular flexibility index (Phi) is 3.92. The molecule has 0 spiro atoms. The Labute approximate surface area is 69.8 Å². The monoisotopic (exact) mass is 156 g/mol. The SMILES string of the molecule is CCCCC[C@@H]1CC[C@@H](O)C1. The van der Waals surface area contributed by atoms with Crippen molar-refractivity contribution < 1.29 is 5.11 Å². The van der Waals surface area contributed by atoms with E-state index in [2.05, 4.69) is 6.92 Å². The Morgan fingerprint density at radius 2 is 2.09 bits per heavy atom. The maximum atomic E-state index is 9.26. The van der Waals surface area contributed by atoms with Crippen molar-refractivity contribution in [3.63, 3.8) is 0 Å². The van der Waals surface area contributed by atoms with Crippen molar-refractivity contribution in [2.45, 2.75) is 58.0 Å². The van der Waals surface area contributed by atoms with Crippen LogP contribution in [0.4, 0.5) is 0 Å². The van der Waals surface area contributed by atoms with Crippen LogP contribution in [-0.4, -0.2) is 11.2 Å². The summed E-state index contributed by atoms with van der Waals surface area (Å²) in [5, 5.41) is 9.26. The lowest BCUT2D eigenvalue weighted by molar-refractivity contribution is 0.176. The summed E-state index contributed by atoms with van der Waals surface area (Å²) in [7, 11) is 0. The molecule has 1 fully saturated rings. The Bertz CT molecular complexity index is 101. The number of aliphatic hydroxyl groups excluding tert-OH is 1. The molecule has 0 aliphatic heterocycles. The fourth-order valence-electron chi connectivity index (χ4n) is 1.99. The zero-order valence-corrected chi connectivity index (χ0v) is 7.55. The van der Waals surface area contributed by atoms with E-state index in [1.54, 1.807) is 0 Å². The molecule has 0 aromatic rings. The molecule has 0 amide bonds. The minimum absolute atomic E-state index is 0.0293. The predicted octanol–water partition coefficient (Wildman–Crippen LogP) is 2.73. The molecule has 1 rings (SSSR count). The normalized spacial score (nSPS) is 31.1. The van der Waals surface area contributed by atoms with Crippen LogP contribution in [0.2, 0.25) is 0 Å². The second-order valence-corrected chi connectivity index (χ2v) is 3.83. The van der Waals surface area contributed by atoms with Crippen molar-refractivity contribution in [1.82, 2.24) is 0 Å². The van der Waals surface area contributed by atoms with Crippen molar-refractivity contribution in [3.05, 3.63) is 0 Å². The third-order valence-corrected chi connectivity index (χ3v) is 2.73. The summed E-state index contributed by atoms with van der Waals surface area (Å²) in [6, 6.07) is 0. The van der Waals surface area contributed by atoms with E-state index in [0.29, 0.717) is 0 Å². The quantitative estimate of drug-likeness (QED) is 0.620. The van der Waals surface area contributed by atoms with Crippen LogP contribution in [0, 0.1) is 5.92 Å². The van der Waals surface area contributed by atoms with Gasteiger partial charge in [0, 0.05) is 0 Å². The van der Waals surface area contributed by atoms with Crippen molar-refractivity contribution in [1.29, 1.82) is 0 Å². The van der Waals surface area contributed by atoms with Crippen LogP contribution in [0.15, 0.2) is 0 Å². The van der Waals surface area contributed by atoms with Gasteiger partial charge in [-0.05, 0) is 25.2 Å². The summed E-state index contributed by atoms with van der Waals surface area (Å²) in [6.07, 6.45) is 8.83. The highest BCUT2D eigenvalue weighted by atomic mass is 16.3. The van der Waals surface area contributed by atoms with Crippen molar-refractivity contribution in [3.8, 4) is 0 Å². The molecule has 1 nitrogen and oxygen atoms in total. The first-order chi connectivity index (χ1) is 5.33. The largest absolute Gasteiger partial charge is 0.393 e. The molecule has 66 valence electrons. The van der Waals surface area contributed by atoms with Gasteiger partial charge in [-0.1, -0.05) is 32.6 Å². The van der Waals surface area contributed by atoms with E-state index >= 15 is 0 Å². The summed E-state index contributed by atoms with van der Waals surface area (Å²) in [6.45, 7) is 2.24. The van der Waals surface area contributed by atoms with Gasteiger partial charge in [0.15, 0.2) is 0 Å². The first-order valence-electron chi connectivity index (χ1n) is 5.01. The zero-order valence-electron chi connectivity index (χ0n) is 7.55. The average molecular weight is 156 g/mol. The number of hydrogen-bond acceptors (Lipinski definition) is 1. The van der Waals surface area contributed by atoms with Gasteiger partial charge in [-0.3, -0.25) is 0 Å². The lowest BCUT2D eigenvalue weighted by Gasteiger charge is -2.07. The van der Waals surface area contributed by atoms with Gasteiger partial charge in [-0.25, -0.2) is 0 Å². The number of unbranched alkanes of at least 4 members (excludes halogenated alkanes) is 2. The Morgan fingerprint density at radius 1 is 1.27 bits per heavy atom. The summed E-state index contributed by atoms with van der Waals surface area (Å²) >= 11 is 0. The van der Waals surface area contributed by atoms with Crippen molar-refractivity contribution in [2.75, 3.05) is 0 Å². The Balaban J connectivity index is 1.99. The Morgan fingerprint density at radius 3 is 2.64 bits per heavy atom. The van der Waals surface area contributed by atoms with Gasteiger partial charge in [0.1, 0.15) is 0 Å². The molecule has 0 heterocycles. The summed E-state index contributed by atoms with van der Waals surface area (Å²) in [5.41, 5.74) is 0. The summed E-state index contributed by atoms with van der Waals surface area (Å²) < 4.78 is 0. The zero-order chi connectivity index (χ0) is 8.10. The van der Waals surface area contributed by atoms with Gasteiger partial charge >= 0.3 is 0 Å². The highest BCUT2D eigenvalue weighted by molar-refractivity contribution is 4.74. The molecule has 1 aliphatic rings. The predicted molar refractivity (Wildman–Crippen MR) is 47.5 cm³/mol. The highest BCUT2D eigenvalue weighted by Gasteiger charge is 2.21. The molecule has 0 aromatic heterocycles. The van der Waals surface area contributed by atoms with E-state index in [-0.39, 0.29) is 6.10 Å². The van der Waals surface area contributed by atoms with Crippen molar-refractivity contribution in [2.24, 2.45) is 5.92 Å². The molecule has 2 atom stereocenters. The molecule has 1 heteroatoms. The maximum Gasteiger partial charge on any atom is 0.0543 e. The van der Waals surface area contributed by atoms with Gasteiger partial charge in [0.25, 0.3) is 0 Å². The second-order valence-electron chi connectivity index (χ2n) is 3.83. The van der Waals surface area contributed by atoms with E-state index in [0.717, 1.165) is 18.8 Å². The van der Waals surface area contributed by atoms with Crippen LogP contribution in [0.3, 0.4) is 0 Å². The highest BCUT2D eigenvalue weighted by Crippen LogP contribution is 2.29. The van der Waals surface area contributed by atoms with Gasteiger partial charge in [-0.2, -0.15) is 0 Å². The standard InChI is InChI=1S/C10H20O/c1-2-3-4-5-9-6-7-10(11)8-9/h9-11H,2-8H2,1H3/t9-,10-/m1/s1. The summed E-state index contributed by atoms with van der Waals surface area (Å²) in [5.74, 6) is 0.844. The molecule has 11 heavy (non-hydrogen) atoms. The lowest BCUT2D eigenvalue weighted by Crippen LogP contribution is -2.00. The minimum Gasteiger partial charge on any atom is -0.393 e. The molecule has 1 saturated carbocycles. The van der Waals surface area contributed by atoms with Crippen LogP contribution in [0.25, 0.3) is 0 Å². The molecular formula is C10H20O. The molecule has 1 N–H and O–H groups in total. The van der Waals surface area contributed by atoms with Crippen molar-refractivity contribution >= 4 is 0 Å². The molecule has 0 bridgehead atoms. The molecule has 0 radical (unpaired) electrons. The van der Waals surface area contributed by atoms with Crippen LogP contribution >= 0.6 is 0 Å². The maximum absolute atomic E-state index is 9.26. The molecule has 1 aliphatic carbocycles. The lowest BCUT2D eigenvalue weighted by atomic mass is 10.00. The topological polar surface area (TPSA) is 20.2 Å². The third-order valence-electron chi connectivity index (χ3n) is 2.73. The van der Waals surface area contributed by atoms with E-state index in [4.69, 9.17) is 0 Å². The minimum atomic E-state index is 0.0293. The smallest absolute Gasteiger partial charge is 0.0543 e. The number of rotatable bonds is 4. The second kappa shape index (κ2) is 4.76. The van der Waals surface area contributed by atoms with Gasteiger partial charge in [-0.15, -0.1) is 0 Å². The van der Waals surface area contributed by atoms with E-state index in [9.17, 15) is 5.11 Å². The van der Waals surface area contributed by atoms with Crippen LogP contribution in [0.1, 0.15) is 51.9 Å². The van der Waals surface area contributed by atoms with Crippen LogP contribution in [0.5, 0.6) is 0 Å². The molecule has 0 saturated heterocycles. The fourth-order valence-corrected chi connectivity index (χ4v) is 1.99. The van der Waals surface area contributed by atoms with E-state index < -0.39 is 0 Å². The van der Waals surface area contributed by atoms with Gasteiger partial charge in [0.2, 0.25) is 0 Å². The molecule has 0 unspecified atom stereocenters. The Hall–Kier alpha value is -0.0400. The van der Waals surface area contributed by atoms with Gasteiger partial charge in [0.05, 0.1) is 6.10 Å². The molecular weight excluding hydrogens is 136 g/mol. The first kappa shape index (κ1) is 9.05. The van der Waals surface area contributed by atoms with Gasteiger partial charge < -0.3 is 5.11 Å². The molecule has 0 aromatic carbocycles. The number of hydrogen-bond donors (Lipinski definition) is 1. The van der Waals surface area contributed by atoms with E-state index in [1.807, 2.05) is 0 Å². The average Bonchev–Trinajstić information content (AvgIpc) is 2.37. The fraction of sp³-hybridized carbons (Fsp3) is 1.00. The van der Waals surface area contributed by atoms with E-state index in [1.165, 1.54) is 32.1 Å². The van der Waals surface area contributed by atoms with Crippen LogP contribution in [-0.2, 0) is 0 Å². The van der Waals surface area contributed by atoms with Crippen LogP contribution < -0.4 is 0 Å². The first-order valence-corrected chi connectivity index (χ1v) is 5.01.